The van der Waals surface area contributed by atoms with Gasteiger partial charge in [0, 0.05) is 5.02 Å². The van der Waals surface area contributed by atoms with Gasteiger partial charge in [0.2, 0.25) is 0 Å². The maximum Gasteiger partial charge on any atom is 0.360 e. The Kier molecular flexibility index (Phi) is 7.25. The molecule has 5 heteroatoms. The Bertz CT molecular complexity index is 510. The van der Waals surface area contributed by atoms with Crippen molar-refractivity contribution in [3.63, 3.8) is 0 Å². The minimum absolute atomic E-state index is 0.337. The second kappa shape index (κ2) is 8.43. The predicted molar refractivity (Wildman–Crippen MR) is 85.1 cm³/mol. The molecule has 0 aliphatic rings. The summed E-state index contributed by atoms with van der Waals surface area (Å²) < 4.78 is 23.3. The monoisotopic (exact) mass is 314 g/mol. The third-order valence-electron chi connectivity index (χ3n) is 2.53. The second-order valence-corrected chi connectivity index (χ2v) is 6.40. The lowest BCUT2D eigenvalue weighted by Crippen LogP contribution is -1.97. The minimum Gasteiger partial charge on any atom is -0.306 e. The lowest BCUT2D eigenvalue weighted by molar-refractivity contribution is 0.227. The van der Waals surface area contributed by atoms with Crippen LogP contribution in [0.5, 0.6) is 0 Å². The van der Waals surface area contributed by atoms with Crippen LogP contribution in [0, 0.1) is 0 Å². The Morgan fingerprint density at radius 3 is 2.20 bits per heavy atom. The molecule has 0 aromatic heterocycles. The maximum absolute atomic E-state index is 12.6. The Labute approximate surface area is 125 Å². The van der Waals surface area contributed by atoms with Gasteiger partial charge in [-0.25, -0.2) is 0 Å². The molecule has 0 unspecified atom stereocenters. The first-order valence-electron chi connectivity index (χ1n) is 6.55. The molecule has 20 heavy (non-hydrogen) atoms. The van der Waals surface area contributed by atoms with E-state index in [1.165, 1.54) is 0 Å². The van der Waals surface area contributed by atoms with Gasteiger partial charge in [-0.05, 0) is 44.5 Å². The van der Waals surface area contributed by atoms with Crippen LogP contribution in [0.2, 0.25) is 5.02 Å². The molecule has 0 saturated heterocycles. The smallest absolute Gasteiger partial charge is 0.306 e. The van der Waals surface area contributed by atoms with Gasteiger partial charge in [-0.1, -0.05) is 35.9 Å². The molecule has 0 heterocycles. The topological polar surface area (TPSA) is 35.5 Å². The average Bonchev–Trinajstić information content (AvgIpc) is 2.42. The van der Waals surface area contributed by atoms with E-state index >= 15 is 0 Å². The first kappa shape index (κ1) is 17.2. The zero-order valence-corrected chi connectivity index (χ0v) is 13.7. The Morgan fingerprint density at radius 1 is 1.20 bits per heavy atom. The van der Waals surface area contributed by atoms with Gasteiger partial charge in [-0.2, -0.15) is 0 Å². The van der Waals surface area contributed by atoms with E-state index in [1.54, 1.807) is 38.1 Å². The summed E-state index contributed by atoms with van der Waals surface area (Å²) in [4.78, 5) is 0. The average molecular weight is 315 g/mol. The van der Waals surface area contributed by atoms with Crippen molar-refractivity contribution in [2.75, 3.05) is 13.2 Å². The fraction of sp³-hybridized carbons (Fsp3) is 0.333. The summed E-state index contributed by atoms with van der Waals surface area (Å²) in [6.45, 7) is 6.07. The molecule has 1 rings (SSSR count). The zero-order valence-electron chi connectivity index (χ0n) is 12.0. The predicted octanol–water partition coefficient (Wildman–Crippen LogP) is 5.52. The van der Waals surface area contributed by atoms with Crippen LogP contribution in [0.15, 0.2) is 41.7 Å². The molecule has 1 aromatic rings. The summed E-state index contributed by atoms with van der Waals surface area (Å²) in [5.74, 6) is 0. The molecular formula is C15H20ClO3P. The van der Waals surface area contributed by atoms with Crippen molar-refractivity contribution in [3.8, 4) is 0 Å². The number of rotatable bonds is 7. The molecule has 0 saturated carbocycles. The van der Waals surface area contributed by atoms with Crippen LogP contribution < -0.4 is 0 Å². The van der Waals surface area contributed by atoms with Crippen LogP contribution in [0.25, 0.3) is 6.08 Å². The Balaban J connectivity index is 2.95. The number of halogens is 1. The largest absolute Gasteiger partial charge is 0.360 e. The fourth-order valence-corrected chi connectivity index (χ4v) is 3.38. The molecule has 1 aromatic carbocycles. The third kappa shape index (κ3) is 4.92. The maximum atomic E-state index is 12.6. The lowest BCUT2D eigenvalue weighted by Gasteiger charge is -2.17. The Morgan fingerprint density at radius 2 is 1.75 bits per heavy atom. The molecule has 0 radical (unpaired) electrons. The zero-order chi connectivity index (χ0) is 15.0. The van der Waals surface area contributed by atoms with Crippen molar-refractivity contribution < 1.29 is 13.6 Å². The summed E-state index contributed by atoms with van der Waals surface area (Å²) in [6, 6.07) is 7.39. The highest BCUT2D eigenvalue weighted by atomic mass is 35.5. The van der Waals surface area contributed by atoms with Crippen LogP contribution in [-0.2, 0) is 13.6 Å². The molecule has 0 fully saturated rings. The molecule has 0 aliphatic carbocycles. The molecule has 0 bridgehead atoms. The number of benzene rings is 1. The van der Waals surface area contributed by atoms with Crippen LogP contribution in [-0.4, -0.2) is 13.2 Å². The normalized spacial score (nSPS) is 13.1. The van der Waals surface area contributed by atoms with Gasteiger partial charge in [-0.15, -0.1) is 0 Å². The molecular weight excluding hydrogens is 295 g/mol. The number of hydrogen-bond donors (Lipinski definition) is 0. The van der Waals surface area contributed by atoms with Gasteiger partial charge in [0.1, 0.15) is 0 Å². The molecule has 0 N–H and O–H groups in total. The summed E-state index contributed by atoms with van der Waals surface area (Å²) in [5, 5.41) is 1.24. The highest BCUT2D eigenvalue weighted by molar-refractivity contribution is 7.58. The van der Waals surface area contributed by atoms with Crippen LogP contribution >= 0.6 is 19.2 Å². The summed E-state index contributed by atoms with van der Waals surface area (Å²) in [7, 11) is -3.23. The van der Waals surface area contributed by atoms with E-state index < -0.39 is 7.60 Å². The molecule has 0 amide bonds. The summed E-state index contributed by atoms with van der Waals surface area (Å²) in [6.07, 6.45) is 5.37. The van der Waals surface area contributed by atoms with Gasteiger partial charge in [0.15, 0.2) is 0 Å². The van der Waals surface area contributed by atoms with Gasteiger partial charge in [0.25, 0.3) is 0 Å². The van der Waals surface area contributed by atoms with Crippen molar-refractivity contribution in [2.24, 2.45) is 0 Å². The van der Waals surface area contributed by atoms with E-state index in [9.17, 15) is 4.57 Å². The van der Waals surface area contributed by atoms with Crippen molar-refractivity contribution >= 4 is 25.3 Å². The van der Waals surface area contributed by atoms with E-state index in [2.05, 4.69) is 0 Å². The molecule has 0 aliphatic heterocycles. The quantitative estimate of drug-likeness (QED) is 0.491. The second-order valence-electron chi connectivity index (χ2n) is 3.93. The van der Waals surface area contributed by atoms with Crippen LogP contribution in [0.3, 0.4) is 0 Å². The van der Waals surface area contributed by atoms with Gasteiger partial charge < -0.3 is 9.05 Å². The molecule has 110 valence electrons. The SMILES string of the molecule is C/C=C(\C=C\c1ccc(Cl)cc1)P(=O)(OCC)OCC. The summed E-state index contributed by atoms with van der Waals surface area (Å²) >= 11 is 5.84. The first-order chi connectivity index (χ1) is 9.55. The third-order valence-corrected chi connectivity index (χ3v) is 5.01. The van der Waals surface area contributed by atoms with Crippen molar-refractivity contribution in [2.45, 2.75) is 20.8 Å². The van der Waals surface area contributed by atoms with E-state index in [1.807, 2.05) is 25.1 Å². The standard InChI is InChI=1S/C15H20ClO3P/c1-4-15(20(17,18-5-2)19-6-3)12-9-13-7-10-14(16)11-8-13/h4,7-12H,5-6H2,1-3H3/b12-9+,15-4+. The van der Waals surface area contributed by atoms with Gasteiger partial charge >= 0.3 is 7.60 Å². The van der Waals surface area contributed by atoms with Crippen molar-refractivity contribution in [1.82, 2.24) is 0 Å². The van der Waals surface area contributed by atoms with Crippen LogP contribution in [0.4, 0.5) is 0 Å². The fourth-order valence-electron chi connectivity index (χ4n) is 1.63. The van der Waals surface area contributed by atoms with E-state index in [0.717, 1.165) is 5.56 Å². The molecule has 3 nitrogen and oxygen atoms in total. The van der Waals surface area contributed by atoms with Crippen LogP contribution in [0.1, 0.15) is 26.3 Å². The molecule has 0 spiro atoms. The minimum atomic E-state index is -3.23. The van der Waals surface area contributed by atoms with Crippen molar-refractivity contribution in [3.05, 3.63) is 52.3 Å². The number of allylic oxidation sites excluding steroid dienone is 3. The highest BCUT2D eigenvalue weighted by Crippen LogP contribution is 2.56. The van der Waals surface area contributed by atoms with E-state index in [-0.39, 0.29) is 0 Å². The van der Waals surface area contributed by atoms with Gasteiger partial charge in [-0.3, -0.25) is 4.57 Å². The van der Waals surface area contributed by atoms with Gasteiger partial charge in [0.05, 0.1) is 18.5 Å². The lowest BCUT2D eigenvalue weighted by atomic mass is 10.2. The van der Waals surface area contributed by atoms with Crippen molar-refractivity contribution in [1.29, 1.82) is 0 Å². The first-order valence-corrected chi connectivity index (χ1v) is 8.47. The van der Waals surface area contributed by atoms with E-state index in [0.29, 0.717) is 23.6 Å². The molecule has 0 atom stereocenters. The Hall–Kier alpha value is -0.860. The summed E-state index contributed by atoms with van der Waals surface area (Å²) in [5.41, 5.74) is 0.966. The number of hydrogen-bond acceptors (Lipinski definition) is 3. The highest BCUT2D eigenvalue weighted by Gasteiger charge is 2.26. The van der Waals surface area contributed by atoms with E-state index in [4.69, 9.17) is 20.6 Å².